The lowest BCUT2D eigenvalue weighted by molar-refractivity contribution is 0.615. The minimum atomic E-state index is -0.280. The predicted octanol–water partition coefficient (Wildman–Crippen LogP) is 2.42. The van der Waals surface area contributed by atoms with Gasteiger partial charge in [-0.2, -0.15) is 0 Å². The Morgan fingerprint density at radius 3 is 2.81 bits per heavy atom. The number of hydrogen-bond donors (Lipinski definition) is 1. The number of nitrogens with zero attached hydrogens (tertiary/aromatic N) is 4. The zero-order valence-electron chi connectivity index (χ0n) is 11.5. The normalized spacial score (nSPS) is 10.8. The standard InChI is InChI=1S/C15H14FN5/c1-10-4-2-7-13(14(10)17)15-18-19-20-21(15)9-11-5-3-6-12(16)8-11/h2-8H,9,17H2,1H3. The molecule has 1 aromatic heterocycles. The number of aromatic nitrogens is 4. The molecule has 0 saturated carbocycles. The van der Waals surface area contributed by atoms with Crippen LogP contribution in [0.3, 0.4) is 0 Å². The lowest BCUT2D eigenvalue weighted by atomic mass is 10.1. The molecule has 0 aliphatic heterocycles. The molecule has 5 nitrogen and oxygen atoms in total. The number of hydrogen-bond acceptors (Lipinski definition) is 4. The summed E-state index contributed by atoms with van der Waals surface area (Å²) < 4.78 is 14.9. The van der Waals surface area contributed by atoms with Gasteiger partial charge >= 0.3 is 0 Å². The summed E-state index contributed by atoms with van der Waals surface area (Å²) in [5.41, 5.74) is 9.26. The Labute approximate surface area is 121 Å². The number of halogens is 1. The Hall–Kier alpha value is -2.76. The second-order valence-corrected chi connectivity index (χ2v) is 4.83. The highest BCUT2D eigenvalue weighted by Crippen LogP contribution is 2.26. The quantitative estimate of drug-likeness (QED) is 0.749. The Kier molecular flexibility index (Phi) is 3.35. The number of aryl methyl sites for hydroxylation is 1. The fourth-order valence-corrected chi connectivity index (χ4v) is 2.19. The van der Waals surface area contributed by atoms with E-state index in [0.29, 0.717) is 18.1 Å². The summed E-state index contributed by atoms with van der Waals surface area (Å²) >= 11 is 0. The number of rotatable bonds is 3. The lowest BCUT2D eigenvalue weighted by Gasteiger charge is -2.09. The highest BCUT2D eigenvalue weighted by atomic mass is 19.1. The van der Waals surface area contributed by atoms with Crippen molar-refractivity contribution in [2.75, 3.05) is 5.73 Å². The summed E-state index contributed by atoms with van der Waals surface area (Å²) in [7, 11) is 0. The summed E-state index contributed by atoms with van der Waals surface area (Å²) in [5.74, 6) is 0.289. The Balaban J connectivity index is 2.00. The first-order valence-corrected chi connectivity index (χ1v) is 6.51. The fraction of sp³-hybridized carbons (Fsp3) is 0.133. The van der Waals surface area contributed by atoms with Crippen molar-refractivity contribution < 1.29 is 4.39 Å². The van der Waals surface area contributed by atoms with E-state index in [4.69, 9.17) is 5.73 Å². The van der Waals surface area contributed by atoms with Gasteiger partial charge in [-0.25, -0.2) is 9.07 Å². The Morgan fingerprint density at radius 2 is 2.00 bits per heavy atom. The van der Waals surface area contributed by atoms with Crippen molar-refractivity contribution in [1.29, 1.82) is 0 Å². The minimum Gasteiger partial charge on any atom is -0.398 e. The number of nitrogens with two attached hydrogens (primary N) is 1. The highest BCUT2D eigenvalue weighted by Gasteiger charge is 2.13. The van der Waals surface area contributed by atoms with Gasteiger partial charge in [0.05, 0.1) is 6.54 Å². The molecule has 0 bridgehead atoms. The number of benzene rings is 2. The van der Waals surface area contributed by atoms with Gasteiger partial charge in [0.25, 0.3) is 0 Å². The minimum absolute atomic E-state index is 0.280. The monoisotopic (exact) mass is 283 g/mol. The van der Waals surface area contributed by atoms with Gasteiger partial charge in [0, 0.05) is 11.3 Å². The maximum atomic E-state index is 13.3. The van der Waals surface area contributed by atoms with Crippen LogP contribution in [0.5, 0.6) is 0 Å². The van der Waals surface area contributed by atoms with E-state index in [1.54, 1.807) is 10.7 Å². The van der Waals surface area contributed by atoms with Crippen LogP contribution in [0.2, 0.25) is 0 Å². The first-order valence-electron chi connectivity index (χ1n) is 6.51. The molecular weight excluding hydrogens is 269 g/mol. The van der Waals surface area contributed by atoms with E-state index < -0.39 is 0 Å². The molecule has 0 fully saturated rings. The van der Waals surface area contributed by atoms with Crippen LogP contribution in [0.4, 0.5) is 10.1 Å². The van der Waals surface area contributed by atoms with E-state index in [9.17, 15) is 4.39 Å². The average molecular weight is 283 g/mol. The molecule has 0 radical (unpaired) electrons. The van der Waals surface area contributed by atoms with Crippen molar-refractivity contribution >= 4 is 5.69 Å². The van der Waals surface area contributed by atoms with Crippen LogP contribution < -0.4 is 5.73 Å². The molecule has 0 spiro atoms. The van der Waals surface area contributed by atoms with Crippen LogP contribution in [0.15, 0.2) is 42.5 Å². The molecule has 0 atom stereocenters. The molecule has 3 rings (SSSR count). The molecule has 21 heavy (non-hydrogen) atoms. The predicted molar refractivity (Wildman–Crippen MR) is 77.9 cm³/mol. The van der Waals surface area contributed by atoms with Gasteiger partial charge in [0.2, 0.25) is 0 Å². The SMILES string of the molecule is Cc1cccc(-c2nnnn2Cc2cccc(F)c2)c1N. The Morgan fingerprint density at radius 1 is 1.19 bits per heavy atom. The summed E-state index contributed by atoms with van der Waals surface area (Å²) in [6.07, 6.45) is 0. The molecule has 0 unspecified atom stereocenters. The first-order chi connectivity index (χ1) is 10.1. The molecule has 0 amide bonds. The fourth-order valence-electron chi connectivity index (χ4n) is 2.19. The molecular formula is C15H14FN5. The van der Waals surface area contributed by atoms with Crippen LogP contribution in [0.25, 0.3) is 11.4 Å². The molecule has 1 heterocycles. The van der Waals surface area contributed by atoms with Crippen molar-refractivity contribution in [3.63, 3.8) is 0 Å². The zero-order valence-corrected chi connectivity index (χ0v) is 11.5. The van der Waals surface area contributed by atoms with E-state index in [2.05, 4.69) is 15.5 Å². The van der Waals surface area contributed by atoms with Crippen LogP contribution in [-0.4, -0.2) is 20.2 Å². The van der Waals surface area contributed by atoms with Gasteiger partial charge in [-0.05, 0) is 46.7 Å². The smallest absolute Gasteiger partial charge is 0.184 e. The van der Waals surface area contributed by atoms with Gasteiger partial charge in [0.15, 0.2) is 5.82 Å². The third kappa shape index (κ3) is 2.60. The van der Waals surface area contributed by atoms with Gasteiger partial charge in [-0.1, -0.05) is 24.3 Å². The molecule has 3 aromatic rings. The van der Waals surface area contributed by atoms with E-state index in [1.807, 2.05) is 31.2 Å². The van der Waals surface area contributed by atoms with Gasteiger partial charge in [0.1, 0.15) is 5.82 Å². The summed E-state index contributed by atoms with van der Waals surface area (Å²) in [6, 6.07) is 12.1. The molecule has 2 aromatic carbocycles. The summed E-state index contributed by atoms with van der Waals surface area (Å²) in [4.78, 5) is 0. The maximum Gasteiger partial charge on any atom is 0.184 e. The van der Waals surface area contributed by atoms with E-state index in [1.165, 1.54) is 12.1 Å². The third-order valence-corrected chi connectivity index (χ3v) is 3.32. The molecule has 2 N–H and O–H groups in total. The van der Waals surface area contributed by atoms with E-state index in [-0.39, 0.29) is 5.82 Å². The van der Waals surface area contributed by atoms with Crippen molar-refractivity contribution in [2.24, 2.45) is 0 Å². The van der Waals surface area contributed by atoms with E-state index >= 15 is 0 Å². The summed E-state index contributed by atoms with van der Waals surface area (Å²) in [6.45, 7) is 2.31. The van der Waals surface area contributed by atoms with Crippen LogP contribution >= 0.6 is 0 Å². The molecule has 0 aliphatic carbocycles. The Bertz CT molecular complexity index is 781. The van der Waals surface area contributed by atoms with Crippen molar-refractivity contribution in [3.05, 3.63) is 59.4 Å². The van der Waals surface area contributed by atoms with Gasteiger partial charge in [-0.15, -0.1) is 5.10 Å². The molecule has 0 saturated heterocycles. The first kappa shape index (κ1) is 13.2. The number of anilines is 1. The molecule has 106 valence electrons. The largest absolute Gasteiger partial charge is 0.398 e. The number of para-hydroxylation sites is 1. The number of tetrazole rings is 1. The summed E-state index contributed by atoms with van der Waals surface area (Å²) in [5, 5.41) is 11.7. The second-order valence-electron chi connectivity index (χ2n) is 4.83. The van der Waals surface area contributed by atoms with Crippen LogP contribution in [0.1, 0.15) is 11.1 Å². The van der Waals surface area contributed by atoms with Crippen molar-refractivity contribution in [3.8, 4) is 11.4 Å². The molecule has 6 heteroatoms. The van der Waals surface area contributed by atoms with Crippen molar-refractivity contribution in [1.82, 2.24) is 20.2 Å². The van der Waals surface area contributed by atoms with Crippen LogP contribution in [-0.2, 0) is 6.54 Å². The van der Waals surface area contributed by atoms with Gasteiger partial charge < -0.3 is 5.73 Å². The highest BCUT2D eigenvalue weighted by molar-refractivity contribution is 5.73. The van der Waals surface area contributed by atoms with Gasteiger partial charge in [-0.3, -0.25) is 0 Å². The maximum absolute atomic E-state index is 13.3. The topological polar surface area (TPSA) is 69.6 Å². The number of nitrogen functional groups attached to an aromatic ring is 1. The van der Waals surface area contributed by atoms with E-state index in [0.717, 1.165) is 16.7 Å². The van der Waals surface area contributed by atoms with Crippen molar-refractivity contribution in [2.45, 2.75) is 13.5 Å². The van der Waals surface area contributed by atoms with Crippen LogP contribution in [0, 0.1) is 12.7 Å². The average Bonchev–Trinajstić information content (AvgIpc) is 2.90. The second kappa shape index (κ2) is 5.32. The third-order valence-electron chi connectivity index (χ3n) is 3.32. The lowest BCUT2D eigenvalue weighted by Crippen LogP contribution is -2.06. The zero-order chi connectivity index (χ0) is 14.8. The molecule has 0 aliphatic rings.